The third-order valence-corrected chi connectivity index (χ3v) is 4.50. The van der Waals surface area contributed by atoms with Gasteiger partial charge in [0.15, 0.2) is 0 Å². The first-order valence-corrected chi connectivity index (χ1v) is 7.85. The molecule has 1 aromatic rings. The van der Waals surface area contributed by atoms with Crippen molar-refractivity contribution in [3.8, 4) is 5.75 Å². The van der Waals surface area contributed by atoms with E-state index in [1.54, 1.807) is 0 Å². The second kappa shape index (κ2) is 5.95. The zero-order valence-electron chi connectivity index (χ0n) is 12.9. The Morgan fingerprint density at radius 3 is 2.67 bits per heavy atom. The van der Waals surface area contributed by atoms with Gasteiger partial charge < -0.3 is 14.6 Å². The quantitative estimate of drug-likeness (QED) is 0.904. The van der Waals surface area contributed by atoms with Gasteiger partial charge in [-0.2, -0.15) is 0 Å². The second-order valence-electron chi connectivity index (χ2n) is 6.55. The van der Waals surface area contributed by atoms with Crippen molar-refractivity contribution in [2.24, 2.45) is 0 Å². The van der Waals surface area contributed by atoms with Crippen molar-refractivity contribution in [1.82, 2.24) is 4.90 Å². The van der Waals surface area contributed by atoms with Crippen molar-refractivity contribution in [3.05, 3.63) is 29.8 Å². The van der Waals surface area contributed by atoms with Crippen LogP contribution in [0.15, 0.2) is 24.3 Å². The highest BCUT2D eigenvalue weighted by molar-refractivity contribution is 5.31. The molecule has 1 saturated carbocycles. The van der Waals surface area contributed by atoms with Gasteiger partial charge in [-0.3, -0.25) is 4.90 Å². The zero-order valence-corrected chi connectivity index (χ0v) is 12.9. The first-order valence-electron chi connectivity index (χ1n) is 7.85. The largest absolute Gasteiger partial charge is 0.490 e. The molecule has 1 aromatic carbocycles. The van der Waals surface area contributed by atoms with Gasteiger partial charge in [0.25, 0.3) is 0 Å². The van der Waals surface area contributed by atoms with Gasteiger partial charge >= 0.3 is 0 Å². The molecule has 1 unspecified atom stereocenters. The molecule has 4 nitrogen and oxygen atoms in total. The minimum Gasteiger partial charge on any atom is -0.490 e. The summed E-state index contributed by atoms with van der Waals surface area (Å²) in [6.45, 7) is 7.39. The number of aliphatic hydroxyl groups is 1. The molecule has 4 heteroatoms. The fourth-order valence-corrected chi connectivity index (χ4v) is 2.86. The molecule has 1 N–H and O–H groups in total. The average molecular weight is 291 g/mol. The Bertz CT molecular complexity index is 479. The number of morpholine rings is 1. The van der Waals surface area contributed by atoms with E-state index < -0.39 is 6.10 Å². The van der Waals surface area contributed by atoms with E-state index in [1.165, 1.54) is 0 Å². The summed E-state index contributed by atoms with van der Waals surface area (Å²) < 4.78 is 11.2. The van der Waals surface area contributed by atoms with Crippen molar-refractivity contribution in [3.63, 3.8) is 0 Å². The average Bonchev–Trinajstić information content (AvgIpc) is 3.31. The van der Waals surface area contributed by atoms with Crippen molar-refractivity contribution in [2.75, 3.05) is 26.3 Å². The highest BCUT2D eigenvalue weighted by atomic mass is 16.5. The molecule has 0 spiro atoms. The van der Waals surface area contributed by atoms with Gasteiger partial charge in [-0.05, 0) is 44.4 Å². The lowest BCUT2D eigenvalue weighted by Crippen LogP contribution is -2.53. The Morgan fingerprint density at radius 2 is 2.00 bits per heavy atom. The number of hydrogen-bond donors (Lipinski definition) is 1. The summed E-state index contributed by atoms with van der Waals surface area (Å²) in [4.78, 5) is 2.30. The predicted molar refractivity (Wildman–Crippen MR) is 81.5 cm³/mol. The molecule has 0 radical (unpaired) electrons. The van der Waals surface area contributed by atoms with Gasteiger partial charge in [-0.15, -0.1) is 0 Å². The van der Waals surface area contributed by atoms with E-state index in [0.29, 0.717) is 6.10 Å². The second-order valence-corrected chi connectivity index (χ2v) is 6.55. The van der Waals surface area contributed by atoms with Crippen LogP contribution in [0.5, 0.6) is 5.75 Å². The number of nitrogens with zero attached hydrogens (tertiary/aromatic N) is 1. The lowest BCUT2D eigenvalue weighted by atomic mass is 9.89. The van der Waals surface area contributed by atoms with Gasteiger partial charge in [0.1, 0.15) is 5.75 Å². The SMILES string of the molecule is CC(C)(C(O)c1cccc(OC2CC2)c1)N1CCOCC1. The van der Waals surface area contributed by atoms with Crippen LogP contribution >= 0.6 is 0 Å². The third kappa shape index (κ3) is 3.39. The van der Waals surface area contributed by atoms with Crippen LogP contribution in [0, 0.1) is 0 Å². The number of hydrogen-bond acceptors (Lipinski definition) is 4. The summed E-state index contributed by atoms with van der Waals surface area (Å²) in [5, 5.41) is 10.8. The van der Waals surface area contributed by atoms with E-state index in [1.807, 2.05) is 24.3 Å². The van der Waals surface area contributed by atoms with Crippen LogP contribution in [0.2, 0.25) is 0 Å². The van der Waals surface area contributed by atoms with Gasteiger partial charge in [-0.25, -0.2) is 0 Å². The molecular formula is C17H25NO3. The van der Waals surface area contributed by atoms with Gasteiger partial charge in [0, 0.05) is 18.6 Å². The lowest BCUT2D eigenvalue weighted by Gasteiger charge is -2.43. The summed E-state index contributed by atoms with van der Waals surface area (Å²) in [5.41, 5.74) is 0.603. The summed E-state index contributed by atoms with van der Waals surface area (Å²) in [6.07, 6.45) is 2.13. The van der Waals surface area contributed by atoms with Crippen LogP contribution in [0.1, 0.15) is 38.4 Å². The molecule has 0 bridgehead atoms. The molecule has 3 rings (SSSR count). The molecule has 1 saturated heterocycles. The van der Waals surface area contributed by atoms with E-state index in [9.17, 15) is 5.11 Å². The summed E-state index contributed by atoms with van der Waals surface area (Å²) in [7, 11) is 0. The number of ether oxygens (including phenoxy) is 2. The maximum Gasteiger partial charge on any atom is 0.120 e. The Labute approximate surface area is 126 Å². The molecule has 1 aliphatic heterocycles. The molecular weight excluding hydrogens is 266 g/mol. The van der Waals surface area contributed by atoms with Gasteiger partial charge in [-0.1, -0.05) is 12.1 Å². The molecule has 0 aromatic heterocycles. The van der Waals surface area contributed by atoms with E-state index in [4.69, 9.17) is 9.47 Å². The summed E-state index contributed by atoms with van der Waals surface area (Å²) >= 11 is 0. The van der Waals surface area contributed by atoms with Gasteiger partial charge in [0.2, 0.25) is 0 Å². The molecule has 2 aliphatic rings. The summed E-state index contributed by atoms with van der Waals surface area (Å²) in [5.74, 6) is 0.867. The topological polar surface area (TPSA) is 41.9 Å². The van der Waals surface area contributed by atoms with Crippen LogP contribution in [-0.2, 0) is 4.74 Å². The Balaban J connectivity index is 1.74. The van der Waals surface area contributed by atoms with Crippen molar-refractivity contribution >= 4 is 0 Å². The van der Waals surface area contributed by atoms with Crippen LogP contribution in [0.4, 0.5) is 0 Å². The highest BCUT2D eigenvalue weighted by Gasteiger charge is 2.36. The summed E-state index contributed by atoms with van der Waals surface area (Å²) in [6, 6.07) is 7.89. The standard InChI is InChI=1S/C17H25NO3/c1-17(2,18-8-10-20-11-9-18)16(19)13-4-3-5-15(12-13)21-14-6-7-14/h3-5,12,14,16,19H,6-11H2,1-2H3. The molecule has 0 amide bonds. The highest BCUT2D eigenvalue weighted by Crippen LogP contribution is 2.34. The van der Waals surface area contributed by atoms with Crippen LogP contribution in [0.3, 0.4) is 0 Å². The molecule has 116 valence electrons. The molecule has 1 atom stereocenters. The van der Waals surface area contributed by atoms with Crippen molar-refractivity contribution in [2.45, 2.75) is 44.4 Å². The molecule has 2 fully saturated rings. The first-order chi connectivity index (χ1) is 10.1. The smallest absolute Gasteiger partial charge is 0.120 e. The van der Waals surface area contributed by atoms with E-state index in [0.717, 1.165) is 50.5 Å². The maximum absolute atomic E-state index is 10.8. The predicted octanol–water partition coefficient (Wildman–Crippen LogP) is 2.37. The Kier molecular flexibility index (Phi) is 4.20. The maximum atomic E-state index is 10.8. The lowest BCUT2D eigenvalue weighted by molar-refractivity contribution is -0.0630. The van der Waals surface area contributed by atoms with E-state index in [2.05, 4.69) is 18.7 Å². The minimum atomic E-state index is -0.543. The number of benzene rings is 1. The van der Waals surface area contributed by atoms with E-state index >= 15 is 0 Å². The normalized spacial score (nSPS) is 22.0. The van der Waals surface area contributed by atoms with Crippen LogP contribution in [0.25, 0.3) is 0 Å². The van der Waals surface area contributed by atoms with E-state index in [-0.39, 0.29) is 5.54 Å². The zero-order chi connectivity index (χ0) is 14.9. The molecule has 1 aliphatic carbocycles. The monoisotopic (exact) mass is 291 g/mol. The fraction of sp³-hybridized carbons (Fsp3) is 0.647. The minimum absolute atomic E-state index is 0.317. The molecule has 21 heavy (non-hydrogen) atoms. The van der Waals surface area contributed by atoms with Crippen LogP contribution in [-0.4, -0.2) is 48.0 Å². The number of rotatable bonds is 5. The van der Waals surface area contributed by atoms with Gasteiger partial charge in [0.05, 0.1) is 25.4 Å². The number of aliphatic hydroxyl groups excluding tert-OH is 1. The molecule has 1 heterocycles. The van der Waals surface area contributed by atoms with Crippen molar-refractivity contribution in [1.29, 1.82) is 0 Å². The Hall–Kier alpha value is -1.10. The fourth-order valence-electron chi connectivity index (χ4n) is 2.86. The van der Waals surface area contributed by atoms with Crippen molar-refractivity contribution < 1.29 is 14.6 Å². The first kappa shape index (κ1) is 14.8. The van der Waals surface area contributed by atoms with Crippen LogP contribution < -0.4 is 4.74 Å². The Morgan fingerprint density at radius 1 is 1.29 bits per heavy atom. The third-order valence-electron chi connectivity index (χ3n) is 4.50.